The van der Waals surface area contributed by atoms with Crippen molar-refractivity contribution in [1.29, 1.82) is 0 Å². The van der Waals surface area contributed by atoms with Gasteiger partial charge in [0, 0.05) is 19.2 Å². The maximum atomic E-state index is 12.3. The Hall–Kier alpha value is -1.36. The molecule has 0 aromatic carbocycles. The minimum absolute atomic E-state index is 0.00717. The third kappa shape index (κ3) is 2.90. The Bertz CT molecular complexity index is 416. The van der Waals surface area contributed by atoms with Crippen LogP contribution in [0.15, 0.2) is 10.6 Å². The smallest absolute Gasteiger partial charge is 0.227 e. The number of hydrogen-bond donors (Lipinski definition) is 1. The molecule has 1 aromatic heterocycles. The Balaban J connectivity index is 1.95. The van der Waals surface area contributed by atoms with Gasteiger partial charge in [0.25, 0.3) is 0 Å². The molecule has 0 bridgehead atoms. The van der Waals surface area contributed by atoms with E-state index in [1.54, 1.807) is 11.9 Å². The second kappa shape index (κ2) is 5.52. The average molecular weight is 251 g/mol. The van der Waals surface area contributed by atoms with E-state index in [1.807, 2.05) is 13.0 Å². The first-order valence-electron chi connectivity index (χ1n) is 6.50. The van der Waals surface area contributed by atoms with Gasteiger partial charge in [-0.05, 0) is 19.8 Å². The maximum absolute atomic E-state index is 12.3. The van der Waals surface area contributed by atoms with Crippen LogP contribution in [-0.4, -0.2) is 29.1 Å². The van der Waals surface area contributed by atoms with E-state index in [9.17, 15) is 4.79 Å². The third-order valence-electron chi connectivity index (χ3n) is 3.59. The van der Waals surface area contributed by atoms with Crippen molar-refractivity contribution in [2.24, 2.45) is 11.7 Å². The fourth-order valence-electron chi connectivity index (χ4n) is 2.56. The van der Waals surface area contributed by atoms with E-state index in [1.165, 1.54) is 0 Å². The molecule has 5 nitrogen and oxygen atoms in total. The van der Waals surface area contributed by atoms with Crippen LogP contribution in [0.1, 0.15) is 37.1 Å². The SMILES string of the molecule is Cc1cc(CN(C)C(=O)C2CCCCC2N)no1. The number of hydrogen-bond acceptors (Lipinski definition) is 4. The van der Waals surface area contributed by atoms with Crippen molar-refractivity contribution < 1.29 is 9.32 Å². The molecule has 2 unspecified atom stereocenters. The topological polar surface area (TPSA) is 72.4 Å². The summed E-state index contributed by atoms with van der Waals surface area (Å²) >= 11 is 0. The van der Waals surface area contributed by atoms with E-state index >= 15 is 0 Å². The molecule has 2 N–H and O–H groups in total. The number of nitrogens with zero attached hydrogens (tertiary/aromatic N) is 2. The van der Waals surface area contributed by atoms with Gasteiger partial charge in [0.1, 0.15) is 11.5 Å². The molecule has 2 atom stereocenters. The molecule has 0 aliphatic heterocycles. The van der Waals surface area contributed by atoms with Gasteiger partial charge in [-0.25, -0.2) is 0 Å². The quantitative estimate of drug-likeness (QED) is 0.882. The molecule has 1 aliphatic carbocycles. The molecule has 1 heterocycles. The Labute approximate surface area is 107 Å². The number of nitrogens with two attached hydrogens (primary N) is 1. The van der Waals surface area contributed by atoms with Crippen LogP contribution in [0.5, 0.6) is 0 Å². The van der Waals surface area contributed by atoms with Gasteiger partial charge in [0.05, 0.1) is 12.5 Å². The Kier molecular flexibility index (Phi) is 4.01. The van der Waals surface area contributed by atoms with Crippen LogP contribution in [0.3, 0.4) is 0 Å². The first kappa shape index (κ1) is 13.1. The molecule has 1 saturated carbocycles. The number of rotatable bonds is 3. The van der Waals surface area contributed by atoms with Crippen molar-refractivity contribution in [3.8, 4) is 0 Å². The predicted octanol–water partition coefficient (Wildman–Crippen LogP) is 1.46. The largest absolute Gasteiger partial charge is 0.361 e. The van der Waals surface area contributed by atoms with Gasteiger partial charge in [-0.3, -0.25) is 4.79 Å². The minimum atomic E-state index is -0.0308. The van der Waals surface area contributed by atoms with Crippen molar-refractivity contribution >= 4 is 5.91 Å². The van der Waals surface area contributed by atoms with Gasteiger partial charge in [-0.2, -0.15) is 0 Å². The van der Waals surface area contributed by atoms with Crippen LogP contribution in [0, 0.1) is 12.8 Å². The Morgan fingerprint density at radius 1 is 1.56 bits per heavy atom. The summed E-state index contributed by atoms with van der Waals surface area (Å²) in [5.74, 6) is 0.861. The normalized spacial score (nSPS) is 23.9. The van der Waals surface area contributed by atoms with Crippen molar-refractivity contribution in [2.75, 3.05) is 7.05 Å². The molecular formula is C13H21N3O2. The summed E-state index contributed by atoms with van der Waals surface area (Å²) in [7, 11) is 1.80. The van der Waals surface area contributed by atoms with E-state index in [2.05, 4.69) is 5.16 Å². The number of amides is 1. The molecule has 1 fully saturated rings. The van der Waals surface area contributed by atoms with E-state index in [0.717, 1.165) is 37.1 Å². The summed E-state index contributed by atoms with van der Waals surface area (Å²) in [4.78, 5) is 14.0. The predicted molar refractivity (Wildman–Crippen MR) is 67.6 cm³/mol. The molecule has 0 radical (unpaired) electrons. The van der Waals surface area contributed by atoms with E-state index < -0.39 is 0 Å². The first-order valence-corrected chi connectivity index (χ1v) is 6.50. The van der Waals surface area contributed by atoms with Gasteiger partial charge in [0.15, 0.2) is 0 Å². The van der Waals surface area contributed by atoms with E-state index in [4.69, 9.17) is 10.3 Å². The van der Waals surface area contributed by atoms with E-state index in [0.29, 0.717) is 6.54 Å². The number of aromatic nitrogens is 1. The molecule has 5 heteroatoms. The molecule has 100 valence electrons. The second-order valence-corrected chi connectivity index (χ2v) is 5.18. The number of aryl methyl sites for hydroxylation is 1. The van der Waals surface area contributed by atoms with Crippen LogP contribution in [0.2, 0.25) is 0 Å². The minimum Gasteiger partial charge on any atom is -0.361 e. The van der Waals surface area contributed by atoms with Crippen molar-refractivity contribution in [1.82, 2.24) is 10.1 Å². The molecule has 18 heavy (non-hydrogen) atoms. The third-order valence-corrected chi connectivity index (χ3v) is 3.59. The van der Waals surface area contributed by atoms with Crippen LogP contribution >= 0.6 is 0 Å². The summed E-state index contributed by atoms with van der Waals surface area (Å²) in [6, 6.07) is 1.86. The molecular weight excluding hydrogens is 230 g/mol. The average Bonchev–Trinajstić information content (AvgIpc) is 2.74. The van der Waals surface area contributed by atoms with E-state index in [-0.39, 0.29) is 17.9 Å². The lowest BCUT2D eigenvalue weighted by Gasteiger charge is -2.30. The fourth-order valence-corrected chi connectivity index (χ4v) is 2.56. The zero-order valence-electron chi connectivity index (χ0n) is 11.1. The van der Waals surface area contributed by atoms with Crippen molar-refractivity contribution in [3.05, 3.63) is 17.5 Å². The molecule has 1 aromatic rings. The highest BCUT2D eigenvalue weighted by Crippen LogP contribution is 2.24. The Morgan fingerprint density at radius 3 is 2.89 bits per heavy atom. The van der Waals surface area contributed by atoms with Crippen LogP contribution < -0.4 is 5.73 Å². The highest BCUT2D eigenvalue weighted by Gasteiger charge is 2.30. The second-order valence-electron chi connectivity index (χ2n) is 5.18. The Morgan fingerprint density at radius 2 is 2.28 bits per heavy atom. The zero-order valence-corrected chi connectivity index (χ0v) is 11.1. The summed E-state index contributed by atoms with van der Waals surface area (Å²) in [5, 5.41) is 3.90. The van der Waals surface area contributed by atoms with Gasteiger partial charge in [-0.1, -0.05) is 18.0 Å². The highest BCUT2D eigenvalue weighted by molar-refractivity contribution is 5.79. The van der Waals surface area contributed by atoms with Crippen LogP contribution in [0.4, 0.5) is 0 Å². The lowest BCUT2D eigenvalue weighted by atomic mass is 9.84. The summed E-state index contributed by atoms with van der Waals surface area (Å²) in [5.41, 5.74) is 6.82. The maximum Gasteiger partial charge on any atom is 0.227 e. The van der Waals surface area contributed by atoms with Crippen LogP contribution in [-0.2, 0) is 11.3 Å². The summed E-state index contributed by atoms with van der Waals surface area (Å²) in [6.07, 6.45) is 4.09. The summed E-state index contributed by atoms with van der Waals surface area (Å²) < 4.78 is 5.00. The molecule has 1 amide bonds. The standard InChI is InChI=1S/C13H21N3O2/c1-9-7-10(15-18-9)8-16(2)13(17)11-5-3-4-6-12(11)14/h7,11-12H,3-6,8,14H2,1-2H3. The van der Waals surface area contributed by atoms with Gasteiger partial charge < -0.3 is 15.2 Å². The highest BCUT2D eigenvalue weighted by atomic mass is 16.5. The lowest BCUT2D eigenvalue weighted by molar-refractivity contribution is -0.136. The lowest BCUT2D eigenvalue weighted by Crippen LogP contribution is -2.44. The monoisotopic (exact) mass is 251 g/mol. The summed E-state index contributed by atoms with van der Waals surface area (Å²) in [6.45, 7) is 2.33. The zero-order chi connectivity index (χ0) is 13.1. The van der Waals surface area contributed by atoms with Gasteiger partial charge in [0.2, 0.25) is 5.91 Å². The molecule has 0 spiro atoms. The first-order chi connectivity index (χ1) is 8.58. The number of carbonyl (C=O) groups is 1. The van der Waals surface area contributed by atoms with Gasteiger partial charge >= 0.3 is 0 Å². The molecule has 1 aliphatic rings. The fraction of sp³-hybridized carbons (Fsp3) is 0.692. The van der Waals surface area contributed by atoms with Crippen LogP contribution in [0.25, 0.3) is 0 Å². The van der Waals surface area contributed by atoms with Gasteiger partial charge in [-0.15, -0.1) is 0 Å². The van der Waals surface area contributed by atoms with Crippen molar-refractivity contribution in [2.45, 2.75) is 45.2 Å². The number of carbonyl (C=O) groups excluding carboxylic acids is 1. The van der Waals surface area contributed by atoms with Crippen molar-refractivity contribution in [3.63, 3.8) is 0 Å². The molecule has 2 rings (SSSR count). The molecule has 0 saturated heterocycles.